The third kappa shape index (κ3) is 32.6. The van der Waals surface area contributed by atoms with E-state index in [-0.39, 0.29) is 16.8 Å². The number of aryl methyl sites for hydroxylation is 4. The summed E-state index contributed by atoms with van der Waals surface area (Å²) in [5.41, 5.74) is 5.21. The van der Waals surface area contributed by atoms with Crippen molar-refractivity contribution in [3.05, 3.63) is 119 Å². The van der Waals surface area contributed by atoms with E-state index in [1.54, 1.807) is 0 Å². The maximum atomic E-state index is 12.3. The van der Waals surface area contributed by atoms with Crippen LogP contribution in [0.5, 0.6) is 23.0 Å². The van der Waals surface area contributed by atoms with Crippen molar-refractivity contribution >= 4 is 16.5 Å². The Balaban J connectivity index is 0.000000467. The Morgan fingerprint density at radius 3 is 0.594 bits per heavy atom. The fourth-order valence-electron chi connectivity index (χ4n) is 8.47. The quantitative estimate of drug-likeness (QED) is 0.0327. The largest absolute Gasteiger partial charge is 0.418 e. The van der Waals surface area contributed by atoms with Crippen LogP contribution in [0.1, 0.15) is 230 Å². The van der Waals surface area contributed by atoms with Gasteiger partial charge >= 0.3 is 16.5 Å². The smallest absolute Gasteiger partial charge is 0.418 e. The Kier molecular flexibility index (Phi) is 38.5. The zero-order chi connectivity index (χ0) is 48.5. The van der Waals surface area contributed by atoms with Gasteiger partial charge in [-0.1, -0.05) is 230 Å². The Hall–Kier alpha value is -2.95. The molecular weight excluding hydrogens is 938 g/mol. The van der Waals surface area contributed by atoms with E-state index in [4.69, 9.17) is 18.1 Å². The first-order valence-electron chi connectivity index (χ1n) is 27.6. The first-order valence-corrected chi connectivity index (χ1v) is 30.0. The molecule has 0 bridgehead atoms. The molecule has 4 aromatic rings. The van der Waals surface area contributed by atoms with Gasteiger partial charge in [-0.25, -0.2) is 9.13 Å². The van der Waals surface area contributed by atoms with Gasteiger partial charge in [0, 0.05) is 16.8 Å². The molecule has 0 aliphatic heterocycles. The van der Waals surface area contributed by atoms with E-state index in [1.165, 1.54) is 202 Å². The summed E-state index contributed by atoms with van der Waals surface area (Å²) in [6.45, 7) is 9.02. The fraction of sp³-hybridized carbons (Fsp3) is 0.600. The van der Waals surface area contributed by atoms with Gasteiger partial charge in [-0.2, -0.15) is 0 Å². The van der Waals surface area contributed by atoms with Crippen molar-refractivity contribution in [2.24, 2.45) is 0 Å². The predicted molar refractivity (Wildman–Crippen MR) is 293 cm³/mol. The summed E-state index contributed by atoms with van der Waals surface area (Å²) in [7, 11) is -5.26. The molecule has 0 aromatic heterocycles. The summed E-state index contributed by atoms with van der Waals surface area (Å²) in [5.74, 6) is 2.40. The van der Waals surface area contributed by atoms with Crippen LogP contribution >= 0.6 is 16.5 Å². The Labute approximate surface area is 433 Å². The van der Waals surface area contributed by atoms with Crippen molar-refractivity contribution < 1.29 is 44.0 Å². The third-order valence-electron chi connectivity index (χ3n) is 12.8. The van der Waals surface area contributed by atoms with Crippen molar-refractivity contribution in [1.29, 1.82) is 0 Å². The Morgan fingerprint density at radius 2 is 0.420 bits per heavy atom. The van der Waals surface area contributed by atoms with Gasteiger partial charge < -0.3 is 18.1 Å². The number of benzene rings is 4. The molecule has 389 valence electrons. The second kappa shape index (κ2) is 42.7. The second-order valence-electron chi connectivity index (χ2n) is 19.0. The first kappa shape index (κ1) is 62.2. The zero-order valence-electron chi connectivity index (χ0n) is 43.6. The third-order valence-corrected chi connectivity index (χ3v) is 14.4. The number of unbranched alkanes of at least 4 members (excludes halogenated alkanes) is 24. The minimum Gasteiger partial charge on any atom is -0.418 e. The van der Waals surface area contributed by atoms with Crippen LogP contribution < -0.4 is 18.1 Å². The molecule has 0 amide bonds. The Bertz CT molecular complexity index is 1550. The van der Waals surface area contributed by atoms with E-state index in [2.05, 4.69) is 76.2 Å². The molecule has 0 heterocycles. The summed E-state index contributed by atoms with van der Waals surface area (Å²) in [6.07, 6.45) is 41.3. The van der Waals surface area contributed by atoms with Crippen molar-refractivity contribution in [2.75, 3.05) is 0 Å². The van der Waals surface area contributed by atoms with Crippen molar-refractivity contribution in [3.8, 4) is 23.0 Å². The average Bonchev–Trinajstić information content (AvgIpc) is 3.35. The maximum absolute atomic E-state index is 12.3. The van der Waals surface area contributed by atoms with Gasteiger partial charge in [0.2, 0.25) is 0 Å². The molecule has 6 nitrogen and oxygen atoms in total. The summed E-state index contributed by atoms with van der Waals surface area (Å²) in [4.78, 5) is 0. The standard InChI is InChI=1S/2C30H47O3P.Co/c2*1-3-5-7-9-11-13-15-17-27-19-23-29(24-20-27)32-34(31)33-30-25-21-28(22-26-30)18-16-14-12-10-8-6-4-2;/h2*19-26,34H,3-18H2,1-2H3;. The number of hydrogen-bond acceptors (Lipinski definition) is 6. The molecular formula is C60H94CoO6P2. The normalized spacial score (nSPS) is 11.0. The molecule has 69 heavy (non-hydrogen) atoms. The summed E-state index contributed by atoms with van der Waals surface area (Å²) < 4.78 is 46.8. The summed E-state index contributed by atoms with van der Waals surface area (Å²) >= 11 is 0. The number of rotatable bonds is 40. The van der Waals surface area contributed by atoms with Gasteiger partial charge in [-0.3, -0.25) is 0 Å². The van der Waals surface area contributed by atoms with Gasteiger partial charge in [0.1, 0.15) is 23.0 Å². The van der Waals surface area contributed by atoms with E-state index in [0.717, 1.165) is 25.7 Å². The zero-order valence-corrected chi connectivity index (χ0v) is 46.7. The van der Waals surface area contributed by atoms with Crippen LogP contribution in [0.2, 0.25) is 0 Å². The van der Waals surface area contributed by atoms with Gasteiger partial charge in [0.25, 0.3) is 0 Å². The van der Waals surface area contributed by atoms with Gasteiger partial charge in [0.15, 0.2) is 0 Å². The van der Waals surface area contributed by atoms with Gasteiger partial charge in [0.05, 0.1) is 0 Å². The maximum Gasteiger partial charge on any atom is 0.418 e. The van der Waals surface area contributed by atoms with E-state index < -0.39 is 16.5 Å². The molecule has 4 rings (SSSR count). The minimum atomic E-state index is -2.63. The summed E-state index contributed by atoms with van der Waals surface area (Å²) in [6, 6.07) is 31.7. The second-order valence-corrected chi connectivity index (χ2v) is 20.8. The molecule has 0 aliphatic rings. The van der Waals surface area contributed by atoms with Crippen LogP contribution in [0, 0.1) is 0 Å². The van der Waals surface area contributed by atoms with E-state index in [9.17, 15) is 9.13 Å². The van der Waals surface area contributed by atoms with Crippen LogP contribution in [0.25, 0.3) is 0 Å². The fourth-order valence-corrected chi connectivity index (χ4v) is 9.87. The SMILES string of the molecule is CCCCCCCCCc1ccc(O[PH](=O)Oc2ccc(CCCCCCCCC)cc2)cc1.CCCCCCCCCc1ccc(O[PH](=O)Oc2ccc(CCCCCCCCC)cc2)cc1.[Co]. The molecule has 1 radical (unpaired) electrons. The molecule has 0 saturated heterocycles. The molecule has 0 fully saturated rings. The number of hydrogen-bond donors (Lipinski definition) is 0. The average molecular weight is 1030 g/mol. The van der Waals surface area contributed by atoms with Crippen LogP contribution in [0.3, 0.4) is 0 Å². The van der Waals surface area contributed by atoms with Crippen LogP contribution in [-0.4, -0.2) is 0 Å². The molecule has 0 spiro atoms. The van der Waals surface area contributed by atoms with Crippen LogP contribution in [-0.2, 0) is 51.6 Å². The topological polar surface area (TPSA) is 71.1 Å². The van der Waals surface area contributed by atoms with Crippen molar-refractivity contribution in [3.63, 3.8) is 0 Å². The molecule has 0 unspecified atom stereocenters. The van der Waals surface area contributed by atoms with E-state index in [0.29, 0.717) is 23.0 Å². The Morgan fingerprint density at radius 1 is 0.261 bits per heavy atom. The first-order chi connectivity index (χ1) is 33.4. The molecule has 9 heteroatoms. The predicted octanol–water partition coefficient (Wildman–Crippen LogP) is 20.2. The van der Waals surface area contributed by atoms with E-state index in [1.807, 2.05) is 48.5 Å². The summed E-state index contributed by atoms with van der Waals surface area (Å²) in [5, 5.41) is 0. The minimum absolute atomic E-state index is 0. The van der Waals surface area contributed by atoms with Crippen LogP contribution in [0.15, 0.2) is 97.1 Å². The molecule has 0 aliphatic carbocycles. The van der Waals surface area contributed by atoms with Gasteiger partial charge in [-0.15, -0.1) is 0 Å². The van der Waals surface area contributed by atoms with Gasteiger partial charge in [-0.05, 0) is 122 Å². The molecule has 0 atom stereocenters. The van der Waals surface area contributed by atoms with E-state index >= 15 is 0 Å². The van der Waals surface area contributed by atoms with Crippen LogP contribution in [0.4, 0.5) is 0 Å². The van der Waals surface area contributed by atoms with Crippen molar-refractivity contribution in [2.45, 2.75) is 233 Å². The molecule has 0 saturated carbocycles. The molecule has 0 N–H and O–H groups in total. The van der Waals surface area contributed by atoms with Crippen molar-refractivity contribution in [1.82, 2.24) is 0 Å². The monoisotopic (exact) mass is 1030 g/mol. The molecule has 4 aromatic carbocycles.